The fraction of sp³-hybridized carbons (Fsp3) is 0. The minimum Gasteiger partial charge on any atom is -0.257 e. The molecule has 0 saturated heterocycles. The van der Waals surface area contributed by atoms with Crippen molar-refractivity contribution in [3.05, 3.63) is 50.0 Å². The molecule has 0 saturated carbocycles. The van der Waals surface area contributed by atoms with Gasteiger partial charge in [0.1, 0.15) is 5.41 Å². The Kier molecular flexibility index (Phi) is 3.90. The summed E-state index contributed by atoms with van der Waals surface area (Å²) in [6, 6.07) is 5.20. The third-order valence-electron chi connectivity index (χ3n) is 1.57. The second-order valence-electron chi connectivity index (χ2n) is 2.70. The van der Waals surface area contributed by atoms with Crippen LogP contribution in [0.5, 0.6) is 0 Å². The average Bonchev–Trinajstić information content (AvgIpc) is 2.17. The number of halogens is 2. The molecule has 0 spiro atoms. The Bertz CT molecular complexity index is 536. The van der Waals surface area contributed by atoms with Gasteiger partial charge in [-0.25, -0.2) is 8.42 Å². The Morgan fingerprint density at radius 3 is 2.25 bits per heavy atom. The molecule has 0 aromatic heterocycles. The lowest BCUT2D eigenvalue weighted by Crippen LogP contribution is -2.00. The monoisotopic (exact) mass is 281 g/mol. The number of sulfone groups is 1. The Morgan fingerprint density at radius 1 is 1.31 bits per heavy atom. The predicted molar refractivity (Wildman–Crippen MR) is 59.6 cm³/mol. The second kappa shape index (κ2) is 4.82. The van der Waals surface area contributed by atoms with Crippen molar-refractivity contribution in [2.24, 2.45) is 0 Å². The Balaban J connectivity index is 3.18. The van der Waals surface area contributed by atoms with Crippen molar-refractivity contribution in [2.45, 2.75) is 4.90 Å². The molecule has 86 valence electrons. The zero-order valence-corrected chi connectivity index (χ0v) is 9.96. The highest BCUT2D eigenvalue weighted by Crippen LogP contribution is 2.18. The molecule has 0 atom stereocenters. The van der Waals surface area contributed by atoms with Crippen LogP contribution >= 0.6 is 23.2 Å². The van der Waals surface area contributed by atoms with E-state index < -0.39 is 19.9 Å². The van der Waals surface area contributed by atoms with Gasteiger partial charge in [-0.05, 0) is 35.9 Å². The molecule has 0 bridgehead atoms. The van der Waals surface area contributed by atoms with E-state index in [2.05, 4.69) is 0 Å². The van der Waals surface area contributed by atoms with Crippen LogP contribution in [0.25, 0.3) is 0 Å². The molecule has 0 amide bonds. The van der Waals surface area contributed by atoms with E-state index in [4.69, 9.17) is 23.2 Å². The van der Waals surface area contributed by atoms with Gasteiger partial charge in [-0.2, -0.15) is 0 Å². The van der Waals surface area contributed by atoms with E-state index in [0.29, 0.717) is 10.4 Å². The summed E-state index contributed by atoms with van der Waals surface area (Å²) in [5, 5.41) is 9.97. The zero-order valence-electron chi connectivity index (χ0n) is 7.63. The first-order chi connectivity index (χ1) is 7.33. The third-order valence-corrected chi connectivity index (χ3v) is 3.66. The van der Waals surface area contributed by atoms with Crippen LogP contribution in [0.3, 0.4) is 0 Å². The number of benzene rings is 1. The lowest BCUT2D eigenvalue weighted by Gasteiger charge is -1.97. The largest absolute Gasteiger partial charge is 0.348 e. The molecule has 0 N–H and O–H groups in total. The van der Waals surface area contributed by atoms with Gasteiger partial charge in [-0.3, -0.25) is 10.1 Å². The number of rotatable bonds is 3. The maximum Gasteiger partial charge on any atom is 0.348 e. The topological polar surface area (TPSA) is 77.3 Å². The van der Waals surface area contributed by atoms with Crippen molar-refractivity contribution < 1.29 is 13.3 Å². The number of hydrogen-bond donors (Lipinski definition) is 0. The van der Waals surface area contributed by atoms with E-state index in [9.17, 15) is 18.5 Å². The molecular weight excluding hydrogens is 277 g/mol. The SMILES string of the molecule is O=[N+]([O-])/C(Cl)=C/S(=O)(=O)c1ccc(Cl)cc1. The minimum atomic E-state index is -3.92. The summed E-state index contributed by atoms with van der Waals surface area (Å²) in [6.45, 7) is 0. The van der Waals surface area contributed by atoms with Crippen LogP contribution in [0.4, 0.5) is 0 Å². The average molecular weight is 282 g/mol. The quantitative estimate of drug-likeness (QED) is 0.484. The summed E-state index contributed by atoms with van der Waals surface area (Å²) < 4.78 is 23.1. The van der Waals surface area contributed by atoms with Gasteiger partial charge in [-0.15, -0.1) is 0 Å². The van der Waals surface area contributed by atoms with Gasteiger partial charge in [0.25, 0.3) is 0 Å². The van der Waals surface area contributed by atoms with E-state index in [1.165, 1.54) is 24.3 Å². The molecule has 1 rings (SSSR count). The molecule has 5 nitrogen and oxygen atoms in total. The van der Waals surface area contributed by atoms with Crippen molar-refractivity contribution in [1.82, 2.24) is 0 Å². The van der Waals surface area contributed by atoms with E-state index in [-0.39, 0.29) is 4.90 Å². The first kappa shape index (κ1) is 13.0. The highest BCUT2D eigenvalue weighted by Gasteiger charge is 2.17. The molecule has 8 heteroatoms. The summed E-state index contributed by atoms with van der Waals surface area (Å²) in [4.78, 5) is 9.08. The number of nitrogens with zero attached hydrogens (tertiary/aromatic N) is 1. The van der Waals surface area contributed by atoms with Gasteiger partial charge < -0.3 is 0 Å². The van der Waals surface area contributed by atoms with Crippen LogP contribution in [0.1, 0.15) is 0 Å². The fourth-order valence-corrected chi connectivity index (χ4v) is 2.33. The van der Waals surface area contributed by atoms with Crippen LogP contribution in [-0.2, 0) is 9.84 Å². The molecule has 1 aromatic rings. The molecule has 0 heterocycles. The summed E-state index contributed by atoms with van der Waals surface area (Å²) in [6.07, 6.45) is 0. The normalized spacial score (nSPS) is 12.5. The standard InChI is InChI=1S/C8H5Cl2NO4S/c9-6-1-3-7(4-2-6)16(14,15)5-8(10)11(12)13/h1-5H/b8-5+. The summed E-state index contributed by atoms with van der Waals surface area (Å²) >= 11 is 10.7. The lowest BCUT2D eigenvalue weighted by molar-refractivity contribution is -0.411. The maximum atomic E-state index is 11.5. The molecule has 0 aliphatic carbocycles. The van der Waals surface area contributed by atoms with Crippen LogP contribution < -0.4 is 0 Å². The number of nitro groups is 1. The van der Waals surface area contributed by atoms with Crippen molar-refractivity contribution in [2.75, 3.05) is 0 Å². The summed E-state index contributed by atoms with van der Waals surface area (Å²) in [5.74, 6) is 0. The Labute approximate surface area is 101 Å². The predicted octanol–water partition coefficient (Wildman–Crippen LogP) is 2.43. The lowest BCUT2D eigenvalue weighted by atomic mass is 10.4. The first-order valence-electron chi connectivity index (χ1n) is 3.85. The van der Waals surface area contributed by atoms with Gasteiger partial charge in [0.05, 0.1) is 9.82 Å². The van der Waals surface area contributed by atoms with E-state index in [1.807, 2.05) is 0 Å². The van der Waals surface area contributed by atoms with E-state index >= 15 is 0 Å². The highest BCUT2D eigenvalue weighted by atomic mass is 35.5. The molecular formula is C8H5Cl2NO4S. The van der Waals surface area contributed by atoms with Crippen LogP contribution in [0.15, 0.2) is 39.7 Å². The maximum absolute atomic E-state index is 11.5. The fourth-order valence-electron chi connectivity index (χ4n) is 0.863. The van der Waals surface area contributed by atoms with E-state index in [0.717, 1.165) is 0 Å². The highest BCUT2D eigenvalue weighted by molar-refractivity contribution is 7.94. The smallest absolute Gasteiger partial charge is 0.257 e. The molecule has 1 aromatic carbocycles. The van der Waals surface area contributed by atoms with Crippen molar-refractivity contribution >= 4 is 33.0 Å². The Hall–Kier alpha value is -1.11. The van der Waals surface area contributed by atoms with Crippen LogP contribution in [0.2, 0.25) is 5.02 Å². The van der Waals surface area contributed by atoms with Crippen molar-refractivity contribution in [3.8, 4) is 0 Å². The summed E-state index contributed by atoms with van der Waals surface area (Å²) in [7, 11) is -3.92. The molecule has 0 aliphatic rings. The second-order valence-corrected chi connectivity index (χ2v) is 5.32. The van der Waals surface area contributed by atoms with Gasteiger partial charge in [-0.1, -0.05) is 11.6 Å². The van der Waals surface area contributed by atoms with Crippen molar-refractivity contribution in [3.63, 3.8) is 0 Å². The summed E-state index contributed by atoms with van der Waals surface area (Å²) in [5.41, 5.74) is 0. The molecule has 0 radical (unpaired) electrons. The van der Waals surface area contributed by atoms with Gasteiger partial charge >= 0.3 is 5.16 Å². The van der Waals surface area contributed by atoms with Gasteiger partial charge in [0.15, 0.2) is 0 Å². The third kappa shape index (κ3) is 3.19. The molecule has 0 fully saturated rings. The molecule has 16 heavy (non-hydrogen) atoms. The van der Waals surface area contributed by atoms with Crippen molar-refractivity contribution in [1.29, 1.82) is 0 Å². The van der Waals surface area contributed by atoms with Gasteiger partial charge in [0.2, 0.25) is 9.84 Å². The van der Waals surface area contributed by atoms with Crippen LogP contribution in [-0.4, -0.2) is 13.3 Å². The Morgan fingerprint density at radius 2 is 1.81 bits per heavy atom. The van der Waals surface area contributed by atoms with E-state index in [1.54, 1.807) is 0 Å². The zero-order chi connectivity index (χ0) is 12.3. The number of hydrogen-bond acceptors (Lipinski definition) is 4. The molecule has 0 aliphatic heterocycles. The minimum absolute atomic E-state index is 0.114. The molecule has 0 unspecified atom stereocenters. The van der Waals surface area contributed by atoms with Gasteiger partial charge in [0, 0.05) is 5.02 Å². The van der Waals surface area contributed by atoms with Crippen LogP contribution in [0, 0.1) is 10.1 Å². The first-order valence-corrected chi connectivity index (χ1v) is 6.15.